The average Bonchev–Trinajstić information content (AvgIpc) is 3.19. The fourth-order valence-corrected chi connectivity index (χ4v) is 3.35. The summed E-state index contributed by atoms with van der Waals surface area (Å²) in [6, 6.07) is 23.3. The molecule has 1 heterocycles. The maximum absolute atomic E-state index is 12.2. The zero-order valence-electron chi connectivity index (χ0n) is 15.9. The first-order valence-electron chi connectivity index (χ1n) is 9.27. The van der Waals surface area contributed by atoms with Crippen LogP contribution in [0.1, 0.15) is 27.4 Å². The van der Waals surface area contributed by atoms with Crippen LogP contribution in [-0.2, 0) is 6.61 Å². The van der Waals surface area contributed by atoms with Gasteiger partial charge in [-0.05, 0) is 66.2 Å². The van der Waals surface area contributed by atoms with Crippen LogP contribution in [0.2, 0.25) is 0 Å². The van der Waals surface area contributed by atoms with E-state index in [1.807, 2.05) is 73.7 Å². The molecule has 0 saturated heterocycles. The van der Waals surface area contributed by atoms with Crippen LogP contribution in [-0.4, -0.2) is 5.78 Å². The van der Waals surface area contributed by atoms with Gasteiger partial charge < -0.3 is 9.15 Å². The van der Waals surface area contributed by atoms with Crippen molar-refractivity contribution in [3.05, 3.63) is 106 Å². The van der Waals surface area contributed by atoms with Gasteiger partial charge in [0.05, 0.1) is 0 Å². The van der Waals surface area contributed by atoms with Gasteiger partial charge in [0.2, 0.25) is 0 Å². The SMILES string of the molecule is Cc1ccc(C(=O)/C=C/c2ccc(COc3ccc4cc(Br)ccc4c3)o2)cc1. The van der Waals surface area contributed by atoms with Gasteiger partial charge in [-0.15, -0.1) is 0 Å². The lowest BCUT2D eigenvalue weighted by molar-refractivity contribution is 0.104. The summed E-state index contributed by atoms with van der Waals surface area (Å²) in [6.45, 7) is 2.31. The van der Waals surface area contributed by atoms with Gasteiger partial charge in [-0.1, -0.05) is 57.9 Å². The van der Waals surface area contributed by atoms with E-state index in [1.54, 1.807) is 6.08 Å². The quantitative estimate of drug-likeness (QED) is 0.237. The number of carbonyl (C=O) groups is 1. The number of aryl methyl sites for hydroxylation is 1. The zero-order valence-corrected chi connectivity index (χ0v) is 17.5. The summed E-state index contributed by atoms with van der Waals surface area (Å²) >= 11 is 3.48. The Labute approximate surface area is 177 Å². The van der Waals surface area contributed by atoms with Gasteiger partial charge in [0.25, 0.3) is 0 Å². The van der Waals surface area contributed by atoms with Gasteiger partial charge in [0.15, 0.2) is 5.78 Å². The minimum atomic E-state index is -0.0537. The van der Waals surface area contributed by atoms with Crippen LogP contribution in [0, 0.1) is 6.92 Å². The molecule has 0 spiro atoms. The largest absolute Gasteiger partial charge is 0.486 e. The monoisotopic (exact) mass is 446 g/mol. The van der Waals surface area contributed by atoms with Gasteiger partial charge in [-0.3, -0.25) is 4.79 Å². The van der Waals surface area contributed by atoms with E-state index in [1.165, 1.54) is 6.08 Å². The van der Waals surface area contributed by atoms with Gasteiger partial charge in [-0.2, -0.15) is 0 Å². The van der Waals surface area contributed by atoms with Crippen molar-refractivity contribution in [2.45, 2.75) is 13.5 Å². The van der Waals surface area contributed by atoms with Crippen LogP contribution in [0.3, 0.4) is 0 Å². The van der Waals surface area contributed by atoms with E-state index < -0.39 is 0 Å². The lowest BCUT2D eigenvalue weighted by Gasteiger charge is -2.06. The molecule has 144 valence electrons. The van der Waals surface area contributed by atoms with E-state index in [9.17, 15) is 4.79 Å². The molecule has 1 aromatic heterocycles. The standard InChI is InChI=1S/C25H19BrO3/c1-17-2-4-18(5-3-17)25(27)13-12-22-10-11-24(29-22)16-28-23-9-7-19-14-21(26)8-6-20(19)15-23/h2-15H,16H2,1H3/b13-12+. The first-order valence-corrected chi connectivity index (χ1v) is 10.1. The molecule has 0 unspecified atom stereocenters. The fraction of sp³-hybridized carbons (Fsp3) is 0.0800. The van der Waals surface area contributed by atoms with Crippen molar-refractivity contribution in [1.29, 1.82) is 0 Å². The van der Waals surface area contributed by atoms with Crippen LogP contribution in [0.15, 0.2) is 87.8 Å². The maximum Gasteiger partial charge on any atom is 0.185 e. The highest BCUT2D eigenvalue weighted by molar-refractivity contribution is 9.10. The van der Waals surface area contributed by atoms with Crippen molar-refractivity contribution in [1.82, 2.24) is 0 Å². The smallest absolute Gasteiger partial charge is 0.185 e. The molecule has 29 heavy (non-hydrogen) atoms. The Bertz CT molecular complexity index is 1190. The highest BCUT2D eigenvalue weighted by atomic mass is 79.9. The Morgan fingerprint density at radius 1 is 0.966 bits per heavy atom. The summed E-state index contributed by atoms with van der Waals surface area (Å²) in [5.74, 6) is 2.04. The molecule has 0 radical (unpaired) electrons. The highest BCUT2D eigenvalue weighted by Crippen LogP contribution is 2.25. The van der Waals surface area contributed by atoms with Crippen LogP contribution in [0.4, 0.5) is 0 Å². The summed E-state index contributed by atoms with van der Waals surface area (Å²) in [5.41, 5.74) is 1.78. The molecule has 0 aliphatic heterocycles. The number of rotatable bonds is 6. The summed E-state index contributed by atoms with van der Waals surface area (Å²) in [5, 5.41) is 2.26. The van der Waals surface area contributed by atoms with Gasteiger partial charge in [0, 0.05) is 10.0 Å². The molecule has 0 bridgehead atoms. The van der Waals surface area contributed by atoms with Crippen LogP contribution in [0.25, 0.3) is 16.8 Å². The number of hydrogen-bond acceptors (Lipinski definition) is 3. The van der Waals surface area contributed by atoms with Crippen LogP contribution in [0.5, 0.6) is 5.75 Å². The van der Waals surface area contributed by atoms with E-state index in [4.69, 9.17) is 9.15 Å². The molecule has 0 aliphatic rings. The Hall–Kier alpha value is -3.11. The van der Waals surface area contributed by atoms with Crippen molar-refractivity contribution < 1.29 is 13.9 Å². The normalized spacial score (nSPS) is 11.2. The molecule has 0 atom stereocenters. The molecule has 0 amide bonds. The molecule has 3 nitrogen and oxygen atoms in total. The van der Waals surface area contributed by atoms with E-state index in [0.717, 1.165) is 26.6 Å². The summed E-state index contributed by atoms with van der Waals surface area (Å²) < 4.78 is 12.6. The number of carbonyl (C=O) groups excluding carboxylic acids is 1. The summed E-state index contributed by atoms with van der Waals surface area (Å²) in [6.07, 6.45) is 3.20. The maximum atomic E-state index is 12.2. The topological polar surface area (TPSA) is 39.4 Å². The third-order valence-electron chi connectivity index (χ3n) is 4.57. The Morgan fingerprint density at radius 3 is 2.55 bits per heavy atom. The molecule has 0 fully saturated rings. The minimum Gasteiger partial charge on any atom is -0.486 e. The molecular formula is C25H19BrO3. The van der Waals surface area contributed by atoms with E-state index in [2.05, 4.69) is 22.0 Å². The predicted octanol–water partition coefficient (Wildman–Crippen LogP) is 6.98. The van der Waals surface area contributed by atoms with Crippen molar-refractivity contribution in [2.24, 2.45) is 0 Å². The van der Waals surface area contributed by atoms with Gasteiger partial charge in [0.1, 0.15) is 23.9 Å². The van der Waals surface area contributed by atoms with Crippen molar-refractivity contribution in [3.8, 4) is 5.75 Å². The van der Waals surface area contributed by atoms with Crippen molar-refractivity contribution >= 4 is 38.6 Å². The number of halogens is 1. The lowest BCUT2D eigenvalue weighted by atomic mass is 10.1. The molecule has 0 N–H and O–H groups in total. The predicted molar refractivity (Wildman–Crippen MR) is 119 cm³/mol. The molecule has 0 saturated carbocycles. The van der Waals surface area contributed by atoms with Crippen LogP contribution >= 0.6 is 15.9 Å². The summed E-state index contributed by atoms with van der Waals surface area (Å²) in [4.78, 5) is 12.2. The second-order valence-corrected chi connectivity index (χ2v) is 7.73. The van der Waals surface area contributed by atoms with E-state index >= 15 is 0 Å². The third kappa shape index (κ3) is 4.84. The number of ether oxygens (including phenoxy) is 1. The number of fused-ring (bicyclic) bond motifs is 1. The first-order chi connectivity index (χ1) is 14.1. The summed E-state index contributed by atoms with van der Waals surface area (Å²) in [7, 11) is 0. The van der Waals surface area contributed by atoms with Gasteiger partial charge >= 0.3 is 0 Å². The fourth-order valence-electron chi connectivity index (χ4n) is 2.97. The minimum absolute atomic E-state index is 0.0537. The van der Waals surface area contributed by atoms with E-state index in [-0.39, 0.29) is 5.78 Å². The first kappa shape index (κ1) is 19.2. The molecule has 4 aromatic rings. The van der Waals surface area contributed by atoms with Crippen molar-refractivity contribution in [2.75, 3.05) is 0 Å². The second kappa shape index (κ2) is 8.50. The molecule has 4 rings (SSSR count). The molecular weight excluding hydrogens is 428 g/mol. The second-order valence-electron chi connectivity index (χ2n) is 6.81. The number of allylic oxidation sites excluding steroid dienone is 1. The van der Waals surface area contributed by atoms with Crippen LogP contribution < -0.4 is 4.74 Å². The Kier molecular flexibility index (Phi) is 5.63. The number of furan rings is 1. The third-order valence-corrected chi connectivity index (χ3v) is 5.07. The number of hydrogen-bond donors (Lipinski definition) is 0. The van der Waals surface area contributed by atoms with E-state index in [0.29, 0.717) is 23.7 Å². The highest BCUT2D eigenvalue weighted by Gasteiger charge is 2.05. The average molecular weight is 447 g/mol. The number of benzene rings is 3. The zero-order chi connectivity index (χ0) is 20.2. The molecule has 3 aromatic carbocycles. The Balaban J connectivity index is 1.38. The lowest BCUT2D eigenvalue weighted by Crippen LogP contribution is -1.94. The number of ketones is 1. The Morgan fingerprint density at radius 2 is 1.72 bits per heavy atom. The molecule has 4 heteroatoms. The molecule has 0 aliphatic carbocycles. The van der Waals surface area contributed by atoms with Gasteiger partial charge in [-0.25, -0.2) is 0 Å². The van der Waals surface area contributed by atoms with Crippen molar-refractivity contribution in [3.63, 3.8) is 0 Å².